The Morgan fingerprint density at radius 2 is 1.44 bits per heavy atom. The summed E-state index contributed by atoms with van der Waals surface area (Å²) in [7, 11) is 1.70. The molecular weight excluding hydrogens is 979 g/mol. The van der Waals surface area contributed by atoms with Gasteiger partial charge in [-0.1, -0.05) is 135 Å². The van der Waals surface area contributed by atoms with Crippen LogP contribution in [0.4, 0.5) is 0 Å². The van der Waals surface area contributed by atoms with Gasteiger partial charge in [-0.15, -0.1) is 0 Å². The Morgan fingerprint density at radius 1 is 0.805 bits per heavy atom. The van der Waals surface area contributed by atoms with Crippen LogP contribution in [0, 0.1) is 11.3 Å². The lowest BCUT2D eigenvalue weighted by atomic mass is 9.72. The first-order valence-corrected chi connectivity index (χ1v) is 27.2. The Balaban J connectivity index is 1.10. The first-order chi connectivity index (χ1) is 37.0. The number of amides is 5. The Kier molecular flexibility index (Phi) is 25.0. The first-order valence-electron chi connectivity index (χ1n) is 27.2. The molecule has 5 amide bonds. The van der Waals surface area contributed by atoms with E-state index in [0.717, 1.165) is 78.2 Å². The molecule has 0 spiro atoms. The number of nitrogens with one attached hydrogen (secondary N) is 5. The predicted octanol–water partition coefficient (Wildman–Crippen LogP) is 6.83. The number of allylic oxidation sites excluding steroid dienone is 9. The van der Waals surface area contributed by atoms with Crippen LogP contribution < -0.4 is 26.6 Å². The number of carbonyl (C=O) groups excluding carboxylic acids is 5. The zero-order valence-electron chi connectivity index (χ0n) is 46.2. The second kappa shape index (κ2) is 31.5. The molecule has 1 heterocycles. The molecule has 17 heteroatoms. The van der Waals surface area contributed by atoms with E-state index in [4.69, 9.17) is 19.4 Å². The molecule has 0 radical (unpaired) electrons. The number of oxime groups is 1. The van der Waals surface area contributed by atoms with Gasteiger partial charge >= 0.3 is 5.97 Å². The highest BCUT2D eigenvalue weighted by atomic mass is 16.6. The number of aliphatic carboxylic acids is 1. The quantitative estimate of drug-likeness (QED) is 0.0224. The van der Waals surface area contributed by atoms with Crippen molar-refractivity contribution in [3.8, 4) is 0 Å². The molecule has 1 saturated heterocycles. The van der Waals surface area contributed by atoms with Crippen LogP contribution in [-0.4, -0.2) is 135 Å². The highest BCUT2D eigenvalue weighted by Crippen LogP contribution is 2.40. The lowest BCUT2D eigenvalue weighted by Gasteiger charge is -2.36. The summed E-state index contributed by atoms with van der Waals surface area (Å²) in [6, 6.07) is 16.0. The SMILES string of the molecule is CN[C@@H](C)C(=O)N[C@H](C(=O)N1CCC[C@H]1C(=O)N[C@H](C(=O)NCCOCCOCCNC(=O)CO/N=C1\CCC(C)(C)C(/C=C/C(C)=C/C=C/C(C)=C/C(=O)O)=C1C)C(c1ccccc1)c1ccccc1)C1CCCCC1. The molecule has 5 rings (SSSR count). The zero-order chi connectivity index (χ0) is 55.7. The molecule has 0 unspecified atom stereocenters. The van der Waals surface area contributed by atoms with Crippen molar-refractivity contribution in [3.05, 3.63) is 131 Å². The van der Waals surface area contributed by atoms with Crippen molar-refractivity contribution in [2.24, 2.45) is 16.5 Å². The number of likely N-dealkylation sites (tertiary alicyclic amines) is 1. The van der Waals surface area contributed by atoms with Gasteiger partial charge < -0.3 is 50.9 Å². The second-order valence-corrected chi connectivity index (χ2v) is 20.8. The second-order valence-electron chi connectivity index (χ2n) is 20.8. The molecule has 1 aliphatic heterocycles. The summed E-state index contributed by atoms with van der Waals surface area (Å²) in [5.74, 6) is -3.28. The normalized spacial score (nSPS) is 19.1. The third-order valence-electron chi connectivity index (χ3n) is 14.6. The fourth-order valence-corrected chi connectivity index (χ4v) is 10.1. The van der Waals surface area contributed by atoms with E-state index in [1.54, 1.807) is 31.9 Å². The third-order valence-corrected chi connectivity index (χ3v) is 14.6. The molecule has 2 fully saturated rings. The molecule has 0 bridgehead atoms. The maximum atomic E-state index is 14.5. The number of nitrogens with zero attached hydrogens (tertiary/aromatic N) is 2. The standard InChI is InChI=1S/C60H83N7O10/c1-41(19-17-20-42(2)39-52(69)70)28-29-48-43(3)49(30-31-60(48,5)6)66-77-40-51(68)62-32-35-75-37-38-76-36-33-63-58(73)55(53(45-21-11-8-12-22-45)46-23-13-9-14-24-46)65-57(72)50-27-18-34-67(50)59(74)54(47-25-15-10-16-26-47)64-56(71)44(4)61-7/h8-9,11-14,17,19-24,28-29,39,44,47,50,53-55,61H,10,15-16,18,25-27,30-38,40H2,1-7H3,(H,62,68)(H,63,73)(H,64,71)(H,65,72)(H,69,70)/b20-17+,29-28+,41-19+,42-39+,66-49+/t44-,50-,54-,55-/m0/s1. The van der Waals surface area contributed by atoms with Crippen LogP contribution in [0.5, 0.6) is 0 Å². The van der Waals surface area contributed by atoms with E-state index in [9.17, 15) is 28.8 Å². The monoisotopic (exact) mass is 1060 g/mol. The van der Waals surface area contributed by atoms with E-state index < -0.39 is 47.9 Å². The third kappa shape index (κ3) is 19.4. The van der Waals surface area contributed by atoms with Gasteiger partial charge in [0.1, 0.15) is 18.1 Å². The van der Waals surface area contributed by atoms with Crippen molar-refractivity contribution in [1.29, 1.82) is 0 Å². The molecule has 2 aliphatic carbocycles. The minimum atomic E-state index is -1.05. The number of likely N-dealkylation sites (N-methyl/N-ethyl adjacent to an activating group) is 1. The van der Waals surface area contributed by atoms with E-state index in [1.165, 1.54) is 0 Å². The molecular formula is C60H83N7O10. The van der Waals surface area contributed by atoms with Crippen LogP contribution in [-0.2, 0) is 43.1 Å². The lowest BCUT2D eigenvalue weighted by Crippen LogP contribution is -2.59. The number of hydrogen-bond acceptors (Lipinski definition) is 11. The largest absolute Gasteiger partial charge is 0.478 e. The van der Waals surface area contributed by atoms with E-state index in [-0.39, 0.29) is 75.2 Å². The van der Waals surface area contributed by atoms with Crippen LogP contribution in [0.2, 0.25) is 0 Å². The van der Waals surface area contributed by atoms with E-state index in [1.807, 2.05) is 92.7 Å². The summed E-state index contributed by atoms with van der Waals surface area (Å²) >= 11 is 0. The van der Waals surface area contributed by atoms with Gasteiger partial charge in [0, 0.05) is 31.6 Å². The van der Waals surface area contributed by atoms with Crippen molar-refractivity contribution in [2.75, 3.05) is 59.7 Å². The fraction of sp³-hybridized carbons (Fsp3) is 0.517. The van der Waals surface area contributed by atoms with Crippen LogP contribution in [0.1, 0.15) is 116 Å². The number of rotatable bonds is 28. The average Bonchev–Trinajstić information content (AvgIpc) is 3.93. The highest BCUT2D eigenvalue weighted by molar-refractivity contribution is 6.01. The summed E-state index contributed by atoms with van der Waals surface area (Å²) in [6.45, 7) is 13.3. The Bertz CT molecular complexity index is 2440. The molecule has 3 aliphatic rings. The molecule has 4 atom stereocenters. The molecule has 2 aromatic rings. The van der Waals surface area contributed by atoms with Crippen molar-refractivity contribution in [1.82, 2.24) is 31.5 Å². The van der Waals surface area contributed by atoms with Gasteiger partial charge in [0.25, 0.3) is 5.91 Å². The number of hydrogen-bond donors (Lipinski definition) is 6. The molecule has 17 nitrogen and oxygen atoms in total. The van der Waals surface area contributed by atoms with Crippen molar-refractivity contribution < 1.29 is 48.2 Å². The van der Waals surface area contributed by atoms with Gasteiger partial charge in [0.15, 0.2) is 6.61 Å². The van der Waals surface area contributed by atoms with E-state index in [0.29, 0.717) is 31.4 Å². The summed E-state index contributed by atoms with van der Waals surface area (Å²) in [6.07, 6.45) is 18.0. The smallest absolute Gasteiger partial charge is 0.328 e. The number of carbonyl (C=O) groups is 6. The summed E-state index contributed by atoms with van der Waals surface area (Å²) < 4.78 is 11.5. The Hall–Kier alpha value is -6.69. The molecule has 77 heavy (non-hydrogen) atoms. The van der Waals surface area contributed by atoms with Gasteiger partial charge in [0.2, 0.25) is 23.6 Å². The zero-order valence-corrected chi connectivity index (χ0v) is 46.2. The van der Waals surface area contributed by atoms with E-state index in [2.05, 4.69) is 51.7 Å². The molecule has 1 saturated carbocycles. The molecule has 6 N–H and O–H groups in total. The highest BCUT2D eigenvalue weighted by Gasteiger charge is 2.43. The maximum Gasteiger partial charge on any atom is 0.328 e. The summed E-state index contributed by atoms with van der Waals surface area (Å²) in [5.41, 5.74) is 6.11. The van der Waals surface area contributed by atoms with Crippen LogP contribution in [0.3, 0.4) is 0 Å². The number of benzene rings is 2. The average molecular weight is 1060 g/mol. The van der Waals surface area contributed by atoms with Crippen LogP contribution in [0.25, 0.3) is 0 Å². The first kappa shape index (κ1) is 61.2. The van der Waals surface area contributed by atoms with E-state index >= 15 is 0 Å². The topological polar surface area (TPSA) is 226 Å². The number of ether oxygens (including phenoxy) is 2. The van der Waals surface area contributed by atoms with Crippen LogP contribution in [0.15, 0.2) is 125 Å². The molecule has 2 aromatic carbocycles. The summed E-state index contributed by atoms with van der Waals surface area (Å²) in [5, 5.41) is 28.1. The Morgan fingerprint density at radius 3 is 2.06 bits per heavy atom. The minimum Gasteiger partial charge on any atom is -0.478 e. The van der Waals surface area contributed by atoms with Gasteiger partial charge in [-0.2, -0.15) is 0 Å². The lowest BCUT2D eigenvalue weighted by molar-refractivity contribution is -0.143. The van der Waals surface area contributed by atoms with Crippen molar-refractivity contribution in [3.63, 3.8) is 0 Å². The summed E-state index contributed by atoms with van der Waals surface area (Å²) in [4.78, 5) is 87.1. The van der Waals surface area contributed by atoms with Gasteiger partial charge in [-0.3, -0.25) is 24.0 Å². The number of carboxylic acids is 1. The molecule has 0 aromatic heterocycles. The van der Waals surface area contributed by atoms with Gasteiger partial charge in [-0.05, 0) is 112 Å². The number of carboxylic acid groups (broad SMARTS) is 1. The van der Waals surface area contributed by atoms with Gasteiger partial charge in [0.05, 0.1) is 38.2 Å². The van der Waals surface area contributed by atoms with Crippen molar-refractivity contribution in [2.45, 2.75) is 129 Å². The van der Waals surface area contributed by atoms with Crippen molar-refractivity contribution >= 4 is 41.2 Å². The fourth-order valence-electron chi connectivity index (χ4n) is 10.1. The molecule has 418 valence electrons. The predicted molar refractivity (Wildman–Crippen MR) is 299 cm³/mol. The maximum absolute atomic E-state index is 14.5. The van der Waals surface area contributed by atoms with Gasteiger partial charge in [-0.25, -0.2) is 4.79 Å². The van der Waals surface area contributed by atoms with Crippen LogP contribution >= 0.6 is 0 Å². The Labute approximate surface area is 455 Å². The minimum absolute atomic E-state index is 0.0350.